The second-order valence-corrected chi connectivity index (χ2v) is 6.17. The van der Waals surface area contributed by atoms with Gasteiger partial charge in [0.2, 0.25) is 11.8 Å². The van der Waals surface area contributed by atoms with Gasteiger partial charge in [0.15, 0.2) is 0 Å². The van der Waals surface area contributed by atoms with Crippen LogP contribution in [0.25, 0.3) is 0 Å². The zero-order valence-electron chi connectivity index (χ0n) is 14.7. The van der Waals surface area contributed by atoms with E-state index >= 15 is 0 Å². The van der Waals surface area contributed by atoms with Gasteiger partial charge in [0.1, 0.15) is 0 Å². The molecule has 2 atom stereocenters. The molecular weight excluding hydrogens is 338 g/mol. The summed E-state index contributed by atoms with van der Waals surface area (Å²) in [7, 11) is 0. The summed E-state index contributed by atoms with van der Waals surface area (Å²) in [5.41, 5.74) is 1.06. The van der Waals surface area contributed by atoms with Crippen molar-refractivity contribution in [3.63, 3.8) is 0 Å². The molecule has 1 aromatic carbocycles. The minimum atomic E-state index is -0.426. The maximum absolute atomic E-state index is 12.5. The number of hydrogen-bond acceptors (Lipinski definition) is 3. The van der Waals surface area contributed by atoms with E-state index in [1.165, 1.54) is 0 Å². The van der Waals surface area contributed by atoms with Gasteiger partial charge >= 0.3 is 0 Å². The third-order valence-corrected chi connectivity index (χ3v) is 4.29. The summed E-state index contributed by atoms with van der Waals surface area (Å²) >= 11 is 0. The number of rotatable bonds is 8. The summed E-state index contributed by atoms with van der Waals surface area (Å²) in [6.07, 6.45) is 3.85. The summed E-state index contributed by atoms with van der Waals surface area (Å²) in [6.45, 7) is 7.81. The Labute approximate surface area is 156 Å². The third-order valence-electron chi connectivity index (χ3n) is 4.29. The highest BCUT2D eigenvalue weighted by atomic mass is 35.5. The number of carbonyl (C=O) groups is 2. The number of nitrogens with zero attached hydrogens (tertiary/aromatic N) is 1. The number of piperazine rings is 1. The average molecular weight is 366 g/mol. The zero-order valence-corrected chi connectivity index (χ0v) is 15.6. The molecule has 5 nitrogen and oxygen atoms in total. The van der Waals surface area contributed by atoms with Gasteiger partial charge < -0.3 is 15.5 Å². The van der Waals surface area contributed by atoms with Crippen LogP contribution in [0, 0.1) is 0 Å². The Morgan fingerprint density at radius 2 is 2.16 bits per heavy atom. The van der Waals surface area contributed by atoms with Gasteiger partial charge in [0.25, 0.3) is 0 Å². The minimum absolute atomic E-state index is 0. The quantitative estimate of drug-likeness (QED) is 0.549. The molecule has 0 saturated carbocycles. The normalized spacial score (nSPS) is 18.2. The number of unbranched alkanes of at least 4 members (excludes halogenated alkanes) is 1. The maximum Gasteiger partial charge on any atom is 0.240 e. The van der Waals surface area contributed by atoms with E-state index in [1.54, 1.807) is 0 Å². The molecule has 1 saturated heterocycles. The number of halogens is 1. The second kappa shape index (κ2) is 10.9. The van der Waals surface area contributed by atoms with Crippen LogP contribution >= 0.6 is 12.4 Å². The summed E-state index contributed by atoms with van der Waals surface area (Å²) < 4.78 is 0. The van der Waals surface area contributed by atoms with E-state index in [9.17, 15) is 9.59 Å². The van der Waals surface area contributed by atoms with Crippen LogP contribution in [0.3, 0.4) is 0 Å². The molecule has 0 bridgehead atoms. The molecule has 1 heterocycles. The standard InChI is InChI=1S/C19H27N3O2.ClH/c1-3-4-8-12-22-13-11-20-17(19(22)24)14-18(23)21-15(2)16-9-6-5-7-10-16;/h3,5-7,9-10,15,17,20H,1,4,8,11-14H2,2H3,(H,21,23);1H. The molecule has 25 heavy (non-hydrogen) atoms. The van der Waals surface area contributed by atoms with Crippen molar-refractivity contribution in [1.82, 2.24) is 15.5 Å². The Bertz CT molecular complexity index is 565. The van der Waals surface area contributed by atoms with E-state index in [-0.39, 0.29) is 36.7 Å². The van der Waals surface area contributed by atoms with Crippen LogP contribution in [0.1, 0.15) is 37.8 Å². The lowest BCUT2D eigenvalue weighted by Crippen LogP contribution is -2.56. The molecule has 6 heteroatoms. The average Bonchev–Trinajstić information content (AvgIpc) is 2.59. The summed E-state index contributed by atoms with van der Waals surface area (Å²) in [5, 5.41) is 6.13. The van der Waals surface area contributed by atoms with Crippen molar-refractivity contribution < 1.29 is 9.59 Å². The molecule has 0 aromatic heterocycles. The summed E-state index contributed by atoms with van der Waals surface area (Å²) in [6, 6.07) is 9.32. The number of nitrogens with one attached hydrogen (secondary N) is 2. The molecule has 138 valence electrons. The first kappa shape index (κ1) is 21.2. The minimum Gasteiger partial charge on any atom is -0.350 e. The van der Waals surface area contributed by atoms with Crippen LogP contribution in [0.2, 0.25) is 0 Å². The van der Waals surface area contributed by atoms with Crippen molar-refractivity contribution in [2.24, 2.45) is 0 Å². The van der Waals surface area contributed by atoms with Crippen LogP contribution in [0.5, 0.6) is 0 Å². The topological polar surface area (TPSA) is 61.4 Å². The predicted octanol–water partition coefficient (Wildman–Crippen LogP) is 2.44. The van der Waals surface area contributed by atoms with Crippen molar-refractivity contribution in [2.45, 2.75) is 38.3 Å². The Morgan fingerprint density at radius 1 is 1.44 bits per heavy atom. The molecule has 2 amide bonds. The molecule has 1 aliphatic rings. The van der Waals surface area contributed by atoms with Crippen LogP contribution < -0.4 is 10.6 Å². The van der Waals surface area contributed by atoms with Gasteiger partial charge in [-0.2, -0.15) is 0 Å². The Kier molecular flexibility index (Phi) is 9.24. The molecular formula is C19H28ClN3O2. The van der Waals surface area contributed by atoms with Gasteiger partial charge in [0.05, 0.1) is 18.5 Å². The second-order valence-electron chi connectivity index (χ2n) is 6.17. The van der Waals surface area contributed by atoms with E-state index in [0.717, 1.165) is 31.5 Å². The van der Waals surface area contributed by atoms with Crippen molar-refractivity contribution in [1.29, 1.82) is 0 Å². The number of carbonyl (C=O) groups excluding carboxylic acids is 2. The van der Waals surface area contributed by atoms with Crippen molar-refractivity contribution in [2.75, 3.05) is 19.6 Å². The van der Waals surface area contributed by atoms with Gasteiger partial charge in [-0.05, 0) is 25.3 Å². The molecule has 0 radical (unpaired) electrons. The lowest BCUT2D eigenvalue weighted by Gasteiger charge is -2.33. The molecule has 0 spiro atoms. The molecule has 2 rings (SSSR count). The first-order valence-electron chi connectivity index (χ1n) is 8.59. The lowest BCUT2D eigenvalue weighted by atomic mass is 10.1. The summed E-state index contributed by atoms with van der Waals surface area (Å²) in [5.74, 6) is -0.0852. The van der Waals surface area contributed by atoms with Crippen LogP contribution in [0.15, 0.2) is 43.0 Å². The maximum atomic E-state index is 12.5. The van der Waals surface area contributed by atoms with E-state index in [4.69, 9.17) is 0 Å². The summed E-state index contributed by atoms with van der Waals surface area (Å²) in [4.78, 5) is 26.6. The van der Waals surface area contributed by atoms with Crippen molar-refractivity contribution in [3.8, 4) is 0 Å². The van der Waals surface area contributed by atoms with Gasteiger partial charge in [0, 0.05) is 19.6 Å². The van der Waals surface area contributed by atoms with E-state index < -0.39 is 6.04 Å². The van der Waals surface area contributed by atoms with Crippen LogP contribution in [-0.2, 0) is 9.59 Å². The Hall–Kier alpha value is -1.85. The van der Waals surface area contributed by atoms with E-state index in [1.807, 2.05) is 48.2 Å². The molecule has 1 aliphatic heterocycles. The van der Waals surface area contributed by atoms with Gasteiger partial charge in [-0.1, -0.05) is 36.4 Å². The van der Waals surface area contributed by atoms with E-state index in [2.05, 4.69) is 17.2 Å². The highest BCUT2D eigenvalue weighted by molar-refractivity contribution is 5.89. The smallest absolute Gasteiger partial charge is 0.240 e. The number of benzene rings is 1. The first-order chi connectivity index (χ1) is 11.6. The predicted molar refractivity (Wildman–Crippen MR) is 103 cm³/mol. The molecule has 0 aliphatic carbocycles. The zero-order chi connectivity index (χ0) is 17.4. The van der Waals surface area contributed by atoms with E-state index in [0.29, 0.717) is 6.54 Å². The highest BCUT2D eigenvalue weighted by Crippen LogP contribution is 2.12. The fraction of sp³-hybridized carbons (Fsp3) is 0.474. The molecule has 2 N–H and O–H groups in total. The number of hydrogen-bond donors (Lipinski definition) is 2. The van der Waals surface area contributed by atoms with Crippen molar-refractivity contribution in [3.05, 3.63) is 48.6 Å². The van der Waals surface area contributed by atoms with Crippen LogP contribution in [0.4, 0.5) is 0 Å². The third kappa shape index (κ3) is 6.52. The lowest BCUT2D eigenvalue weighted by molar-refractivity contribution is -0.138. The highest BCUT2D eigenvalue weighted by Gasteiger charge is 2.29. The molecule has 1 fully saturated rings. The molecule has 2 unspecified atom stereocenters. The van der Waals surface area contributed by atoms with Gasteiger partial charge in [-0.15, -0.1) is 19.0 Å². The largest absolute Gasteiger partial charge is 0.350 e. The molecule has 1 aromatic rings. The SMILES string of the molecule is C=CCCCN1CCNC(CC(=O)NC(C)c2ccccc2)C1=O.Cl. The first-order valence-corrected chi connectivity index (χ1v) is 8.59. The fourth-order valence-electron chi connectivity index (χ4n) is 2.91. The Morgan fingerprint density at radius 3 is 2.84 bits per heavy atom. The number of allylic oxidation sites excluding steroid dienone is 1. The van der Waals surface area contributed by atoms with Gasteiger partial charge in [-0.25, -0.2) is 0 Å². The number of amides is 2. The van der Waals surface area contributed by atoms with Crippen LogP contribution in [-0.4, -0.2) is 42.4 Å². The van der Waals surface area contributed by atoms with Crippen molar-refractivity contribution >= 4 is 24.2 Å². The fourth-order valence-corrected chi connectivity index (χ4v) is 2.91. The monoisotopic (exact) mass is 365 g/mol. The van der Waals surface area contributed by atoms with Gasteiger partial charge in [-0.3, -0.25) is 9.59 Å². The Balaban J connectivity index is 0.00000312.